The van der Waals surface area contributed by atoms with Crippen LogP contribution in [0.3, 0.4) is 0 Å². The second-order valence-electron chi connectivity index (χ2n) is 4.73. The monoisotopic (exact) mass is 260 g/mol. The van der Waals surface area contributed by atoms with Crippen LogP contribution in [0.4, 0.5) is 0 Å². The van der Waals surface area contributed by atoms with Gasteiger partial charge in [-0.2, -0.15) is 0 Å². The molecule has 0 aliphatic carbocycles. The van der Waals surface area contributed by atoms with Gasteiger partial charge in [0.1, 0.15) is 0 Å². The van der Waals surface area contributed by atoms with Gasteiger partial charge < -0.3 is 5.11 Å². The minimum absolute atomic E-state index is 0.509. The molecule has 2 rings (SSSR count). The number of benzene rings is 2. The average Bonchev–Trinajstić information content (AvgIpc) is 2.33. The Morgan fingerprint density at radius 1 is 1.00 bits per heavy atom. The van der Waals surface area contributed by atoms with E-state index in [0.717, 1.165) is 21.7 Å². The molecule has 0 aliphatic rings. The van der Waals surface area contributed by atoms with E-state index in [1.165, 1.54) is 5.56 Å². The molecule has 0 spiro atoms. The van der Waals surface area contributed by atoms with E-state index in [4.69, 9.17) is 11.6 Å². The molecule has 2 aromatic carbocycles. The molecule has 0 saturated heterocycles. The van der Waals surface area contributed by atoms with Crippen molar-refractivity contribution in [2.45, 2.75) is 26.4 Å². The fourth-order valence-corrected chi connectivity index (χ4v) is 2.24. The molecule has 1 nitrogen and oxygen atoms in total. The summed E-state index contributed by atoms with van der Waals surface area (Å²) in [6.45, 7) is 4.04. The molecule has 0 aromatic heterocycles. The molecule has 18 heavy (non-hydrogen) atoms. The van der Waals surface area contributed by atoms with E-state index in [1.807, 2.05) is 56.3 Å². The number of hydrogen-bond donors (Lipinski definition) is 1. The first kappa shape index (κ1) is 13.1. The van der Waals surface area contributed by atoms with Gasteiger partial charge in [-0.15, -0.1) is 0 Å². The van der Waals surface area contributed by atoms with Crippen LogP contribution in [0.1, 0.15) is 28.4 Å². The lowest BCUT2D eigenvalue weighted by Gasteiger charge is -2.13. The summed E-state index contributed by atoms with van der Waals surface area (Å²) in [7, 11) is 0. The smallest absolute Gasteiger partial charge is 0.0830 e. The van der Waals surface area contributed by atoms with Crippen LogP contribution in [0, 0.1) is 13.8 Å². The van der Waals surface area contributed by atoms with Gasteiger partial charge in [0.25, 0.3) is 0 Å². The summed E-state index contributed by atoms with van der Waals surface area (Å²) in [5, 5.41) is 10.9. The largest absolute Gasteiger partial charge is 0.388 e. The maximum absolute atomic E-state index is 10.2. The Labute approximate surface area is 113 Å². The van der Waals surface area contributed by atoms with Crippen molar-refractivity contribution in [3.63, 3.8) is 0 Å². The van der Waals surface area contributed by atoms with E-state index in [2.05, 4.69) is 0 Å². The van der Waals surface area contributed by atoms with Crippen molar-refractivity contribution in [3.05, 3.63) is 69.7 Å². The zero-order valence-corrected chi connectivity index (χ0v) is 11.4. The summed E-state index contributed by atoms with van der Waals surface area (Å²) in [4.78, 5) is 0. The predicted octanol–water partition coefficient (Wildman–Crippen LogP) is 4.23. The summed E-state index contributed by atoms with van der Waals surface area (Å²) in [5.41, 5.74) is 4.24. The van der Waals surface area contributed by atoms with Gasteiger partial charge in [-0.05, 0) is 36.6 Å². The Hall–Kier alpha value is -1.31. The minimum Gasteiger partial charge on any atom is -0.388 e. The third-order valence-corrected chi connectivity index (χ3v) is 3.44. The Bertz CT molecular complexity index is 531. The Morgan fingerprint density at radius 2 is 1.61 bits per heavy atom. The molecule has 0 bridgehead atoms. The molecular weight excluding hydrogens is 244 g/mol. The standard InChI is InChI=1S/C16H17ClO/c1-11-3-6-13(7-4-11)16(18)10-14-8-5-12(2)9-15(14)17/h3-9,16,18H,10H2,1-2H3. The third-order valence-electron chi connectivity index (χ3n) is 3.08. The molecule has 1 atom stereocenters. The first-order chi connectivity index (χ1) is 8.56. The van der Waals surface area contributed by atoms with Crippen molar-refractivity contribution in [2.24, 2.45) is 0 Å². The van der Waals surface area contributed by atoms with Gasteiger partial charge in [0.05, 0.1) is 6.10 Å². The molecule has 94 valence electrons. The quantitative estimate of drug-likeness (QED) is 0.876. The lowest BCUT2D eigenvalue weighted by molar-refractivity contribution is 0.178. The fourth-order valence-electron chi connectivity index (χ4n) is 1.93. The second kappa shape index (κ2) is 5.55. The topological polar surface area (TPSA) is 20.2 Å². The van der Waals surface area contributed by atoms with Gasteiger partial charge >= 0.3 is 0 Å². The van der Waals surface area contributed by atoms with Crippen LogP contribution in [0.25, 0.3) is 0 Å². The summed E-state index contributed by atoms with van der Waals surface area (Å²) < 4.78 is 0. The van der Waals surface area contributed by atoms with Crippen LogP contribution in [0.5, 0.6) is 0 Å². The van der Waals surface area contributed by atoms with Gasteiger partial charge in [-0.3, -0.25) is 0 Å². The molecular formula is C16H17ClO. The van der Waals surface area contributed by atoms with Crippen LogP contribution in [-0.2, 0) is 6.42 Å². The summed E-state index contributed by atoms with van der Waals surface area (Å²) in [5.74, 6) is 0. The van der Waals surface area contributed by atoms with Gasteiger partial charge in [-0.1, -0.05) is 53.6 Å². The number of aliphatic hydroxyl groups is 1. The molecule has 1 N–H and O–H groups in total. The third kappa shape index (κ3) is 3.12. The van der Waals surface area contributed by atoms with Gasteiger partial charge in [0, 0.05) is 11.4 Å². The zero-order valence-electron chi connectivity index (χ0n) is 10.7. The summed E-state index contributed by atoms with van der Waals surface area (Å²) in [6.07, 6.45) is 0.0353. The van der Waals surface area contributed by atoms with E-state index >= 15 is 0 Å². The van der Waals surface area contributed by atoms with Crippen molar-refractivity contribution >= 4 is 11.6 Å². The summed E-state index contributed by atoms with van der Waals surface area (Å²) in [6, 6.07) is 13.9. The first-order valence-electron chi connectivity index (χ1n) is 6.06. The number of rotatable bonds is 3. The van der Waals surface area contributed by atoms with Crippen LogP contribution in [-0.4, -0.2) is 5.11 Å². The highest BCUT2D eigenvalue weighted by molar-refractivity contribution is 6.31. The predicted molar refractivity (Wildman–Crippen MR) is 76.0 cm³/mol. The molecule has 1 unspecified atom stereocenters. The van der Waals surface area contributed by atoms with Gasteiger partial charge in [0.15, 0.2) is 0 Å². The van der Waals surface area contributed by atoms with Crippen LogP contribution in [0.2, 0.25) is 5.02 Å². The molecule has 2 heteroatoms. The van der Waals surface area contributed by atoms with Crippen LogP contribution >= 0.6 is 11.6 Å². The highest BCUT2D eigenvalue weighted by atomic mass is 35.5. The van der Waals surface area contributed by atoms with E-state index < -0.39 is 6.10 Å². The second-order valence-corrected chi connectivity index (χ2v) is 5.13. The average molecular weight is 261 g/mol. The molecule has 0 amide bonds. The van der Waals surface area contributed by atoms with E-state index in [1.54, 1.807) is 0 Å². The maximum atomic E-state index is 10.2. The van der Waals surface area contributed by atoms with Crippen LogP contribution in [0.15, 0.2) is 42.5 Å². The molecule has 0 radical (unpaired) electrons. The molecule has 0 heterocycles. The number of aliphatic hydroxyl groups excluding tert-OH is 1. The Morgan fingerprint density at radius 3 is 2.22 bits per heavy atom. The fraction of sp³-hybridized carbons (Fsp3) is 0.250. The van der Waals surface area contributed by atoms with E-state index in [-0.39, 0.29) is 0 Å². The molecule has 0 fully saturated rings. The Kier molecular flexibility index (Phi) is 4.05. The van der Waals surface area contributed by atoms with Crippen molar-refractivity contribution in [2.75, 3.05) is 0 Å². The zero-order chi connectivity index (χ0) is 13.1. The van der Waals surface area contributed by atoms with E-state index in [9.17, 15) is 5.11 Å². The SMILES string of the molecule is Cc1ccc(C(O)Cc2ccc(C)cc2Cl)cc1. The number of aryl methyl sites for hydroxylation is 2. The van der Waals surface area contributed by atoms with Crippen molar-refractivity contribution in [3.8, 4) is 0 Å². The minimum atomic E-state index is -0.509. The number of halogens is 1. The summed E-state index contributed by atoms with van der Waals surface area (Å²) >= 11 is 6.18. The number of hydrogen-bond acceptors (Lipinski definition) is 1. The molecule has 0 aliphatic heterocycles. The lowest BCUT2D eigenvalue weighted by Crippen LogP contribution is -2.02. The van der Waals surface area contributed by atoms with Crippen molar-refractivity contribution in [1.29, 1.82) is 0 Å². The van der Waals surface area contributed by atoms with Crippen LogP contribution < -0.4 is 0 Å². The molecule has 2 aromatic rings. The molecule has 0 saturated carbocycles. The van der Waals surface area contributed by atoms with E-state index in [0.29, 0.717) is 6.42 Å². The van der Waals surface area contributed by atoms with Gasteiger partial charge in [0.2, 0.25) is 0 Å². The normalized spacial score (nSPS) is 12.4. The van der Waals surface area contributed by atoms with Crippen molar-refractivity contribution < 1.29 is 5.11 Å². The van der Waals surface area contributed by atoms with Crippen molar-refractivity contribution in [1.82, 2.24) is 0 Å². The Balaban J connectivity index is 2.15. The highest BCUT2D eigenvalue weighted by Gasteiger charge is 2.10. The van der Waals surface area contributed by atoms with Gasteiger partial charge in [-0.25, -0.2) is 0 Å². The first-order valence-corrected chi connectivity index (χ1v) is 6.44. The maximum Gasteiger partial charge on any atom is 0.0830 e. The lowest BCUT2D eigenvalue weighted by atomic mass is 10.00. The highest BCUT2D eigenvalue weighted by Crippen LogP contribution is 2.24.